The maximum atomic E-state index is 10.4. The van der Waals surface area contributed by atoms with Gasteiger partial charge in [-0.05, 0) is 19.4 Å². The van der Waals surface area contributed by atoms with E-state index in [4.69, 9.17) is 5.11 Å². The molecule has 0 aliphatic carbocycles. The Bertz CT molecular complexity index is 306. The molecule has 1 rings (SSSR count). The Labute approximate surface area is 83.8 Å². The number of carbonyl (C=O) groups is 1. The van der Waals surface area contributed by atoms with Crippen molar-refractivity contribution in [1.82, 2.24) is 5.32 Å². The highest BCUT2D eigenvalue weighted by Gasteiger charge is 2.19. The van der Waals surface area contributed by atoms with Gasteiger partial charge >= 0.3 is 5.97 Å². The highest BCUT2D eigenvalue weighted by atomic mass is 16.4. The second kappa shape index (κ2) is 4.24. The molecule has 1 aromatic carbocycles. The van der Waals surface area contributed by atoms with Crippen LogP contribution in [0.4, 0.5) is 0 Å². The topological polar surface area (TPSA) is 49.3 Å². The standard InChI is InChI=1S/C11H15NO2/c1-11(2,12-8-10(13)14)9-6-4-3-5-7-9/h3-7,12H,8H2,1-2H3,(H,13,14). The molecular formula is C11H15NO2. The molecule has 1 aromatic rings. The lowest BCUT2D eigenvalue weighted by Gasteiger charge is -2.26. The monoisotopic (exact) mass is 193 g/mol. The van der Waals surface area contributed by atoms with E-state index in [0.29, 0.717) is 0 Å². The summed E-state index contributed by atoms with van der Waals surface area (Å²) in [7, 11) is 0. The van der Waals surface area contributed by atoms with Gasteiger partial charge in [0.25, 0.3) is 0 Å². The highest BCUT2D eigenvalue weighted by Crippen LogP contribution is 2.18. The van der Waals surface area contributed by atoms with E-state index in [1.54, 1.807) is 0 Å². The highest BCUT2D eigenvalue weighted by molar-refractivity contribution is 5.69. The number of nitrogens with one attached hydrogen (secondary N) is 1. The summed E-state index contributed by atoms with van der Waals surface area (Å²) in [6.07, 6.45) is 0. The number of benzene rings is 1. The van der Waals surface area contributed by atoms with Gasteiger partial charge in [-0.1, -0.05) is 30.3 Å². The van der Waals surface area contributed by atoms with Crippen LogP contribution < -0.4 is 5.32 Å². The molecule has 0 aliphatic rings. The van der Waals surface area contributed by atoms with Crippen LogP contribution in [0.25, 0.3) is 0 Å². The molecule has 0 heterocycles. The summed E-state index contributed by atoms with van der Waals surface area (Å²) in [6, 6.07) is 9.79. The molecule has 0 saturated heterocycles. The summed E-state index contributed by atoms with van der Waals surface area (Å²) in [5.41, 5.74) is 0.779. The van der Waals surface area contributed by atoms with Gasteiger partial charge in [0.1, 0.15) is 0 Å². The molecule has 0 bridgehead atoms. The van der Waals surface area contributed by atoms with Crippen LogP contribution in [0.3, 0.4) is 0 Å². The molecule has 0 aromatic heterocycles. The summed E-state index contributed by atoms with van der Waals surface area (Å²) in [5.74, 6) is -0.839. The van der Waals surface area contributed by atoms with Gasteiger partial charge in [-0.25, -0.2) is 0 Å². The number of hydrogen-bond acceptors (Lipinski definition) is 2. The smallest absolute Gasteiger partial charge is 0.317 e. The van der Waals surface area contributed by atoms with Crippen LogP contribution in [0.1, 0.15) is 19.4 Å². The predicted octanol–water partition coefficient (Wildman–Crippen LogP) is 1.60. The van der Waals surface area contributed by atoms with Crippen molar-refractivity contribution in [2.45, 2.75) is 19.4 Å². The van der Waals surface area contributed by atoms with Gasteiger partial charge in [0.15, 0.2) is 0 Å². The molecule has 14 heavy (non-hydrogen) atoms. The van der Waals surface area contributed by atoms with Crippen molar-refractivity contribution < 1.29 is 9.90 Å². The average molecular weight is 193 g/mol. The zero-order valence-electron chi connectivity index (χ0n) is 8.45. The fraction of sp³-hybridized carbons (Fsp3) is 0.364. The third-order valence-corrected chi connectivity index (χ3v) is 2.18. The van der Waals surface area contributed by atoms with Gasteiger partial charge in [0.05, 0.1) is 6.54 Å². The van der Waals surface area contributed by atoms with Crippen LogP contribution in [-0.2, 0) is 10.3 Å². The molecule has 76 valence electrons. The molecule has 0 fully saturated rings. The summed E-state index contributed by atoms with van der Waals surface area (Å²) >= 11 is 0. The van der Waals surface area contributed by atoms with Gasteiger partial charge in [-0.15, -0.1) is 0 Å². The summed E-state index contributed by atoms with van der Waals surface area (Å²) in [6.45, 7) is 3.90. The van der Waals surface area contributed by atoms with Crippen molar-refractivity contribution >= 4 is 5.97 Å². The lowest BCUT2D eigenvalue weighted by atomic mass is 9.94. The maximum absolute atomic E-state index is 10.4. The van der Waals surface area contributed by atoms with Gasteiger partial charge in [-0.3, -0.25) is 10.1 Å². The molecule has 0 saturated carbocycles. The minimum absolute atomic E-state index is 0.0259. The second-order valence-electron chi connectivity index (χ2n) is 3.74. The largest absolute Gasteiger partial charge is 0.480 e. The van der Waals surface area contributed by atoms with Gasteiger partial charge < -0.3 is 5.11 Å². The van der Waals surface area contributed by atoms with Gasteiger partial charge in [0, 0.05) is 5.54 Å². The summed E-state index contributed by atoms with van der Waals surface area (Å²) in [4.78, 5) is 10.4. The van der Waals surface area contributed by atoms with Crippen LogP contribution in [0, 0.1) is 0 Å². The molecule has 0 unspecified atom stereocenters. The van der Waals surface area contributed by atoms with Crippen molar-refractivity contribution in [1.29, 1.82) is 0 Å². The minimum atomic E-state index is -0.839. The van der Waals surface area contributed by atoms with E-state index in [1.807, 2.05) is 44.2 Å². The quantitative estimate of drug-likeness (QED) is 0.763. The minimum Gasteiger partial charge on any atom is -0.480 e. The Hall–Kier alpha value is -1.35. The molecular weight excluding hydrogens is 178 g/mol. The van der Waals surface area contributed by atoms with Crippen molar-refractivity contribution in [2.24, 2.45) is 0 Å². The predicted molar refractivity (Wildman–Crippen MR) is 55.1 cm³/mol. The van der Waals surface area contributed by atoms with E-state index in [9.17, 15) is 4.79 Å². The lowest BCUT2D eigenvalue weighted by molar-refractivity contribution is -0.136. The fourth-order valence-electron chi connectivity index (χ4n) is 1.25. The second-order valence-corrected chi connectivity index (χ2v) is 3.74. The van der Waals surface area contributed by atoms with Crippen LogP contribution in [0.5, 0.6) is 0 Å². The third kappa shape index (κ3) is 2.85. The van der Waals surface area contributed by atoms with Crippen LogP contribution in [0.2, 0.25) is 0 Å². The van der Waals surface area contributed by atoms with E-state index >= 15 is 0 Å². The Kier molecular flexibility index (Phi) is 3.25. The fourth-order valence-corrected chi connectivity index (χ4v) is 1.25. The first-order chi connectivity index (χ1) is 6.52. The molecule has 3 nitrogen and oxygen atoms in total. The molecule has 0 atom stereocenters. The Morgan fingerprint density at radius 1 is 1.36 bits per heavy atom. The zero-order chi connectivity index (χ0) is 10.6. The van der Waals surface area contributed by atoms with Crippen LogP contribution in [-0.4, -0.2) is 17.6 Å². The van der Waals surface area contributed by atoms with E-state index < -0.39 is 5.97 Å². The lowest BCUT2D eigenvalue weighted by Crippen LogP contribution is -2.39. The maximum Gasteiger partial charge on any atom is 0.317 e. The average Bonchev–Trinajstić information content (AvgIpc) is 2.16. The first-order valence-corrected chi connectivity index (χ1v) is 4.55. The Morgan fingerprint density at radius 3 is 2.43 bits per heavy atom. The van der Waals surface area contributed by atoms with Crippen molar-refractivity contribution in [3.05, 3.63) is 35.9 Å². The summed E-state index contributed by atoms with van der Waals surface area (Å²) in [5, 5.41) is 11.5. The van der Waals surface area contributed by atoms with E-state index in [-0.39, 0.29) is 12.1 Å². The van der Waals surface area contributed by atoms with Crippen molar-refractivity contribution in [3.63, 3.8) is 0 Å². The number of carboxylic acid groups (broad SMARTS) is 1. The Morgan fingerprint density at radius 2 is 1.93 bits per heavy atom. The van der Waals surface area contributed by atoms with E-state index in [0.717, 1.165) is 5.56 Å². The molecule has 0 amide bonds. The number of carboxylic acids is 1. The first-order valence-electron chi connectivity index (χ1n) is 4.55. The molecule has 0 aliphatic heterocycles. The van der Waals surface area contributed by atoms with Gasteiger partial charge in [0.2, 0.25) is 0 Å². The van der Waals surface area contributed by atoms with E-state index in [2.05, 4.69) is 5.32 Å². The summed E-state index contributed by atoms with van der Waals surface area (Å²) < 4.78 is 0. The number of hydrogen-bond donors (Lipinski definition) is 2. The van der Waals surface area contributed by atoms with Crippen molar-refractivity contribution in [3.8, 4) is 0 Å². The number of aliphatic carboxylic acids is 1. The first kappa shape index (κ1) is 10.7. The normalized spacial score (nSPS) is 11.3. The zero-order valence-corrected chi connectivity index (χ0v) is 8.45. The molecule has 3 heteroatoms. The SMILES string of the molecule is CC(C)(NCC(=O)O)c1ccccc1. The molecule has 0 radical (unpaired) electrons. The van der Waals surface area contributed by atoms with Crippen LogP contribution in [0.15, 0.2) is 30.3 Å². The van der Waals surface area contributed by atoms with Gasteiger partial charge in [-0.2, -0.15) is 0 Å². The van der Waals surface area contributed by atoms with E-state index in [1.165, 1.54) is 0 Å². The van der Waals surface area contributed by atoms with Crippen LogP contribution >= 0.6 is 0 Å². The van der Waals surface area contributed by atoms with Crippen molar-refractivity contribution in [2.75, 3.05) is 6.54 Å². The number of rotatable bonds is 4. The third-order valence-electron chi connectivity index (χ3n) is 2.18. The molecule has 0 spiro atoms. The molecule has 2 N–H and O–H groups in total. The Balaban J connectivity index is 2.70.